The summed E-state index contributed by atoms with van der Waals surface area (Å²) in [6, 6.07) is 0. The van der Waals surface area contributed by atoms with Crippen LogP contribution < -0.4 is 5.32 Å². The molecule has 1 heteroatoms. The first kappa shape index (κ1) is 7.60. The Balaban J connectivity index is 1.88. The second kappa shape index (κ2) is 2.01. The summed E-state index contributed by atoms with van der Waals surface area (Å²) in [6.07, 6.45) is 4.28. The third-order valence-corrected chi connectivity index (χ3v) is 3.60. The highest BCUT2D eigenvalue weighted by Crippen LogP contribution is 2.51. The van der Waals surface area contributed by atoms with E-state index in [-0.39, 0.29) is 0 Å². The van der Waals surface area contributed by atoms with E-state index in [4.69, 9.17) is 0 Å². The Labute approximate surface area is 69.6 Å². The highest BCUT2D eigenvalue weighted by Gasteiger charge is 2.51. The summed E-state index contributed by atoms with van der Waals surface area (Å²) in [7, 11) is 0. The number of hydrogen-bond donors (Lipinski definition) is 1. The van der Waals surface area contributed by atoms with Crippen LogP contribution in [0.15, 0.2) is 0 Å². The molecule has 0 aromatic heterocycles. The van der Waals surface area contributed by atoms with E-state index in [2.05, 4.69) is 26.1 Å². The van der Waals surface area contributed by atoms with Crippen molar-refractivity contribution in [2.24, 2.45) is 11.3 Å². The topological polar surface area (TPSA) is 12.0 Å². The Morgan fingerprint density at radius 1 is 1.27 bits per heavy atom. The molecule has 2 fully saturated rings. The average Bonchev–Trinajstić information content (AvgIpc) is 1.49. The Bertz CT molecular complexity index is 154. The van der Waals surface area contributed by atoms with Gasteiger partial charge in [-0.2, -0.15) is 0 Å². The van der Waals surface area contributed by atoms with Gasteiger partial charge in [-0.1, -0.05) is 20.8 Å². The summed E-state index contributed by atoms with van der Waals surface area (Å²) < 4.78 is 0. The van der Waals surface area contributed by atoms with Gasteiger partial charge in [0.1, 0.15) is 0 Å². The summed E-state index contributed by atoms with van der Waals surface area (Å²) in [4.78, 5) is 0. The molecule has 11 heavy (non-hydrogen) atoms. The van der Waals surface area contributed by atoms with Crippen molar-refractivity contribution in [3.05, 3.63) is 0 Å². The minimum Gasteiger partial charge on any atom is -0.311 e. The molecule has 1 saturated heterocycles. The molecule has 1 saturated carbocycles. The van der Waals surface area contributed by atoms with Crippen LogP contribution in [-0.2, 0) is 0 Å². The van der Waals surface area contributed by atoms with Crippen LogP contribution in [0.5, 0.6) is 0 Å². The van der Waals surface area contributed by atoms with Crippen LogP contribution in [0.25, 0.3) is 0 Å². The first-order chi connectivity index (χ1) is 5.02. The zero-order chi connectivity index (χ0) is 8.11. The van der Waals surface area contributed by atoms with E-state index in [1.165, 1.54) is 25.8 Å². The molecular weight excluding hydrogens is 134 g/mol. The maximum Gasteiger partial charge on any atom is 0.0199 e. The maximum atomic E-state index is 3.56. The van der Waals surface area contributed by atoms with E-state index < -0.39 is 0 Å². The van der Waals surface area contributed by atoms with E-state index in [1.54, 1.807) is 0 Å². The van der Waals surface area contributed by atoms with E-state index in [1.807, 2.05) is 0 Å². The molecule has 1 nitrogen and oxygen atoms in total. The highest BCUT2D eigenvalue weighted by molar-refractivity contribution is 5.08. The molecule has 0 radical (unpaired) electrons. The normalized spacial score (nSPS) is 43.4. The maximum absolute atomic E-state index is 3.56. The SMILES string of the molecule is CC(C)(C)C1CC2(CCN2)C1. The molecule has 1 aliphatic carbocycles. The first-order valence-corrected chi connectivity index (χ1v) is 4.77. The molecule has 2 rings (SSSR count). The molecule has 1 heterocycles. The molecule has 1 aliphatic heterocycles. The van der Waals surface area contributed by atoms with Gasteiger partial charge in [0, 0.05) is 5.54 Å². The van der Waals surface area contributed by atoms with Crippen LogP contribution in [0.1, 0.15) is 40.0 Å². The van der Waals surface area contributed by atoms with Crippen LogP contribution in [0, 0.1) is 11.3 Å². The first-order valence-electron chi connectivity index (χ1n) is 4.77. The molecule has 0 amide bonds. The van der Waals surface area contributed by atoms with Gasteiger partial charge in [-0.15, -0.1) is 0 Å². The average molecular weight is 153 g/mol. The van der Waals surface area contributed by atoms with Gasteiger partial charge in [0.05, 0.1) is 0 Å². The monoisotopic (exact) mass is 153 g/mol. The molecular formula is C10H19N. The predicted octanol–water partition coefficient (Wildman–Crippen LogP) is 2.17. The van der Waals surface area contributed by atoms with Crippen LogP contribution in [0.3, 0.4) is 0 Å². The third kappa shape index (κ3) is 1.10. The summed E-state index contributed by atoms with van der Waals surface area (Å²) in [5.74, 6) is 0.968. The lowest BCUT2D eigenvalue weighted by Crippen LogP contribution is -2.66. The molecule has 0 aromatic rings. The molecule has 64 valence electrons. The number of rotatable bonds is 0. The summed E-state index contributed by atoms with van der Waals surface area (Å²) in [5, 5.41) is 3.56. The van der Waals surface area contributed by atoms with Crippen LogP contribution in [0.4, 0.5) is 0 Å². The van der Waals surface area contributed by atoms with Gasteiger partial charge >= 0.3 is 0 Å². The van der Waals surface area contributed by atoms with Crippen molar-refractivity contribution in [3.63, 3.8) is 0 Å². The smallest absolute Gasteiger partial charge is 0.0199 e. The van der Waals surface area contributed by atoms with Crippen molar-refractivity contribution < 1.29 is 0 Å². The van der Waals surface area contributed by atoms with Crippen LogP contribution in [0.2, 0.25) is 0 Å². The van der Waals surface area contributed by atoms with Crippen molar-refractivity contribution in [3.8, 4) is 0 Å². The minimum atomic E-state index is 0.544. The van der Waals surface area contributed by atoms with E-state index in [9.17, 15) is 0 Å². The van der Waals surface area contributed by atoms with Gasteiger partial charge in [-0.3, -0.25) is 0 Å². The zero-order valence-electron chi connectivity index (χ0n) is 7.91. The van der Waals surface area contributed by atoms with Gasteiger partial charge in [-0.25, -0.2) is 0 Å². The van der Waals surface area contributed by atoms with Gasteiger partial charge < -0.3 is 5.32 Å². The lowest BCUT2D eigenvalue weighted by molar-refractivity contribution is -0.0175. The number of nitrogens with one attached hydrogen (secondary N) is 1. The van der Waals surface area contributed by atoms with Crippen LogP contribution >= 0.6 is 0 Å². The summed E-state index contributed by atoms with van der Waals surface area (Å²) >= 11 is 0. The van der Waals surface area contributed by atoms with Gasteiger partial charge in [0.25, 0.3) is 0 Å². The molecule has 0 aromatic carbocycles. The molecule has 2 aliphatic rings. The fourth-order valence-corrected chi connectivity index (χ4v) is 2.32. The van der Waals surface area contributed by atoms with Crippen molar-refractivity contribution in [1.82, 2.24) is 5.32 Å². The standard InChI is InChI=1S/C10H19N/c1-9(2,3)8-6-10(7-8)4-5-11-10/h8,11H,4-7H2,1-3H3. The Hall–Kier alpha value is -0.0400. The Kier molecular flexibility index (Phi) is 1.39. The lowest BCUT2D eigenvalue weighted by atomic mass is 9.56. The quantitative estimate of drug-likeness (QED) is 0.562. The van der Waals surface area contributed by atoms with Gasteiger partial charge in [-0.05, 0) is 37.1 Å². The fourth-order valence-electron chi connectivity index (χ4n) is 2.32. The Morgan fingerprint density at radius 2 is 1.82 bits per heavy atom. The molecule has 1 N–H and O–H groups in total. The lowest BCUT2D eigenvalue weighted by Gasteiger charge is -2.58. The summed E-state index contributed by atoms with van der Waals surface area (Å²) in [6.45, 7) is 8.35. The largest absolute Gasteiger partial charge is 0.311 e. The van der Waals surface area contributed by atoms with E-state index in [0.29, 0.717) is 11.0 Å². The predicted molar refractivity (Wildman–Crippen MR) is 47.5 cm³/mol. The van der Waals surface area contributed by atoms with E-state index >= 15 is 0 Å². The highest BCUT2D eigenvalue weighted by atomic mass is 15.1. The van der Waals surface area contributed by atoms with Crippen LogP contribution in [-0.4, -0.2) is 12.1 Å². The van der Waals surface area contributed by atoms with Gasteiger partial charge in [0.2, 0.25) is 0 Å². The molecule has 0 atom stereocenters. The Morgan fingerprint density at radius 3 is 2.09 bits per heavy atom. The van der Waals surface area contributed by atoms with Crippen molar-refractivity contribution >= 4 is 0 Å². The zero-order valence-corrected chi connectivity index (χ0v) is 7.91. The molecule has 0 bridgehead atoms. The second-order valence-corrected chi connectivity index (χ2v) is 5.43. The third-order valence-electron chi connectivity index (χ3n) is 3.60. The fraction of sp³-hybridized carbons (Fsp3) is 1.00. The molecule has 1 spiro atoms. The second-order valence-electron chi connectivity index (χ2n) is 5.43. The molecule has 0 unspecified atom stereocenters. The minimum absolute atomic E-state index is 0.544. The summed E-state index contributed by atoms with van der Waals surface area (Å²) in [5.41, 5.74) is 1.17. The van der Waals surface area contributed by atoms with Crippen molar-refractivity contribution in [2.75, 3.05) is 6.54 Å². The van der Waals surface area contributed by atoms with Gasteiger partial charge in [0.15, 0.2) is 0 Å². The van der Waals surface area contributed by atoms with E-state index in [0.717, 1.165) is 5.92 Å². The van der Waals surface area contributed by atoms with Crippen molar-refractivity contribution in [1.29, 1.82) is 0 Å². The van der Waals surface area contributed by atoms with Crippen molar-refractivity contribution in [2.45, 2.75) is 45.6 Å². The number of hydrogen-bond acceptors (Lipinski definition) is 1.